The lowest BCUT2D eigenvalue weighted by molar-refractivity contribution is 0.0519. The van der Waals surface area contributed by atoms with Crippen molar-refractivity contribution in [3.05, 3.63) is 46.7 Å². The topological polar surface area (TPSA) is 143 Å². The van der Waals surface area contributed by atoms with E-state index in [1.165, 1.54) is 29.3 Å². The second-order valence-electron chi connectivity index (χ2n) is 5.43. The molecule has 1 amide bonds. The van der Waals surface area contributed by atoms with Crippen LogP contribution >= 0.6 is 23.1 Å². The quantitative estimate of drug-likeness (QED) is 0.338. The third-order valence-corrected chi connectivity index (χ3v) is 5.16. The molecule has 0 aliphatic carbocycles. The molecule has 3 aromatic rings. The first-order chi connectivity index (χ1) is 13.5. The lowest BCUT2D eigenvalue weighted by Crippen LogP contribution is -2.14. The maximum atomic E-state index is 12.5. The number of nitrogen functional groups attached to an aromatic ring is 1. The average molecular weight is 419 g/mol. The second-order valence-corrected chi connectivity index (χ2v) is 7.35. The predicted molar refractivity (Wildman–Crippen MR) is 106 cm³/mol. The van der Waals surface area contributed by atoms with Crippen LogP contribution in [0.15, 0.2) is 39.8 Å². The van der Waals surface area contributed by atoms with Crippen LogP contribution in [-0.2, 0) is 11.3 Å². The van der Waals surface area contributed by atoms with Crippen molar-refractivity contribution in [1.29, 1.82) is 0 Å². The SMILES string of the molecule is CCOC(=O)c1cnc(Sc2ccc(N)c(C(=O)Nc3nc(CO)cs3)c2)[nH]1. The fourth-order valence-electron chi connectivity index (χ4n) is 2.18. The molecule has 0 radical (unpaired) electrons. The van der Waals surface area contributed by atoms with Crippen LogP contribution in [0.2, 0.25) is 0 Å². The monoisotopic (exact) mass is 419 g/mol. The van der Waals surface area contributed by atoms with Crippen molar-refractivity contribution in [3.63, 3.8) is 0 Å². The Morgan fingerprint density at radius 3 is 2.96 bits per heavy atom. The van der Waals surface area contributed by atoms with Crippen LogP contribution in [0, 0.1) is 0 Å². The van der Waals surface area contributed by atoms with Gasteiger partial charge in [0.15, 0.2) is 10.3 Å². The lowest BCUT2D eigenvalue weighted by atomic mass is 10.1. The Morgan fingerprint density at radius 1 is 1.43 bits per heavy atom. The first-order valence-corrected chi connectivity index (χ1v) is 9.86. The van der Waals surface area contributed by atoms with Gasteiger partial charge in [0.2, 0.25) is 0 Å². The minimum atomic E-state index is -0.482. The zero-order valence-corrected chi connectivity index (χ0v) is 16.4. The molecule has 11 heteroatoms. The summed E-state index contributed by atoms with van der Waals surface area (Å²) in [5, 5.41) is 14.2. The second kappa shape index (κ2) is 8.87. The third kappa shape index (κ3) is 4.68. The summed E-state index contributed by atoms with van der Waals surface area (Å²) >= 11 is 2.45. The number of carbonyl (C=O) groups excluding carboxylic acids is 2. The Balaban J connectivity index is 1.74. The maximum absolute atomic E-state index is 12.5. The molecule has 0 aliphatic rings. The number of hydrogen-bond acceptors (Lipinski definition) is 9. The first kappa shape index (κ1) is 19.9. The van der Waals surface area contributed by atoms with Crippen LogP contribution < -0.4 is 11.1 Å². The summed E-state index contributed by atoms with van der Waals surface area (Å²) < 4.78 is 4.91. The number of aliphatic hydroxyl groups is 1. The number of aromatic amines is 1. The van der Waals surface area contributed by atoms with Crippen LogP contribution in [0.4, 0.5) is 10.8 Å². The van der Waals surface area contributed by atoms with Crippen LogP contribution in [0.3, 0.4) is 0 Å². The Kier molecular flexibility index (Phi) is 6.29. The number of anilines is 2. The number of H-pyrrole nitrogens is 1. The van der Waals surface area contributed by atoms with E-state index in [2.05, 4.69) is 20.3 Å². The predicted octanol–water partition coefficient (Wildman–Crippen LogP) is 2.52. The summed E-state index contributed by atoms with van der Waals surface area (Å²) in [7, 11) is 0. The standard InChI is InChI=1S/C17H17N5O4S2/c1-2-26-15(25)13-6-19-16(21-13)28-10-3-4-12(18)11(5-10)14(24)22-17-20-9(7-23)8-27-17/h3-6,8,23H,2,7,18H2,1H3,(H,19,21)(H,20,22,24). The normalized spacial score (nSPS) is 10.6. The highest BCUT2D eigenvalue weighted by molar-refractivity contribution is 7.99. The van der Waals surface area contributed by atoms with Crippen LogP contribution in [0.25, 0.3) is 0 Å². The molecule has 3 rings (SSSR count). The number of nitrogens with one attached hydrogen (secondary N) is 2. The van der Waals surface area contributed by atoms with Crippen LogP contribution in [0.1, 0.15) is 33.5 Å². The minimum absolute atomic E-state index is 0.197. The van der Waals surface area contributed by atoms with Crippen molar-refractivity contribution in [1.82, 2.24) is 15.0 Å². The first-order valence-electron chi connectivity index (χ1n) is 8.16. The van der Waals surface area contributed by atoms with Gasteiger partial charge in [-0.15, -0.1) is 11.3 Å². The van der Waals surface area contributed by atoms with Crippen molar-refractivity contribution >= 4 is 45.8 Å². The Hall–Kier alpha value is -2.89. The molecular weight excluding hydrogens is 402 g/mol. The highest BCUT2D eigenvalue weighted by Gasteiger charge is 2.15. The molecule has 0 spiro atoms. The van der Waals surface area contributed by atoms with Crippen LogP contribution in [-0.4, -0.2) is 38.5 Å². The van der Waals surface area contributed by atoms with Gasteiger partial charge in [0.25, 0.3) is 5.91 Å². The number of ether oxygens (including phenoxy) is 1. The van der Waals surface area contributed by atoms with E-state index in [1.807, 2.05) is 0 Å². The molecule has 0 aliphatic heterocycles. The molecule has 2 aromatic heterocycles. The largest absolute Gasteiger partial charge is 0.461 e. The summed E-state index contributed by atoms with van der Waals surface area (Å²) in [5.41, 5.74) is 7.26. The van der Waals surface area contributed by atoms with Crippen LogP contribution in [0.5, 0.6) is 0 Å². The number of benzene rings is 1. The number of nitrogens with zero attached hydrogens (tertiary/aromatic N) is 2. The van der Waals surface area contributed by atoms with Crippen molar-refractivity contribution in [3.8, 4) is 0 Å². The highest BCUT2D eigenvalue weighted by Crippen LogP contribution is 2.29. The summed E-state index contributed by atoms with van der Waals surface area (Å²) in [6, 6.07) is 4.99. The molecule has 0 saturated heterocycles. The number of aliphatic hydroxyl groups excluding tert-OH is 1. The van der Waals surface area contributed by atoms with E-state index in [9.17, 15) is 9.59 Å². The number of aromatic nitrogens is 3. The molecule has 0 saturated carbocycles. The van der Waals surface area contributed by atoms with Crippen molar-refractivity contribution in [2.75, 3.05) is 17.7 Å². The zero-order valence-electron chi connectivity index (χ0n) is 14.8. The van der Waals surface area contributed by atoms with Crippen molar-refractivity contribution in [2.45, 2.75) is 23.6 Å². The van der Waals surface area contributed by atoms with Crippen molar-refractivity contribution in [2.24, 2.45) is 0 Å². The lowest BCUT2D eigenvalue weighted by Gasteiger charge is -2.07. The Labute approximate surface area is 168 Å². The van der Waals surface area contributed by atoms with E-state index in [0.717, 1.165) is 0 Å². The number of amides is 1. The molecule has 9 nitrogen and oxygen atoms in total. The Bertz CT molecular complexity index is 1000. The van der Waals surface area contributed by atoms with Gasteiger partial charge >= 0.3 is 5.97 Å². The minimum Gasteiger partial charge on any atom is -0.461 e. The van der Waals surface area contributed by atoms with E-state index in [-0.39, 0.29) is 24.5 Å². The number of nitrogens with two attached hydrogens (primary N) is 1. The molecule has 146 valence electrons. The molecule has 1 aromatic carbocycles. The average Bonchev–Trinajstić information content (AvgIpc) is 3.33. The number of esters is 1. The van der Waals surface area contributed by atoms with E-state index < -0.39 is 11.9 Å². The number of rotatable bonds is 7. The van der Waals surface area contributed by atoms with Gasteiger partial charge in [-0.05, 0) is 25.1 Å². The molecular formula is C17H17N5O4S2. The fraction of sp³-hybridized carbons (Fsp3) is 0.176. The van der Waals surface area contributed by atoms with Gasteiger partial charge in [0.05, 0.1) is 30.7 Å². The molecule has 0 fully saturated rings. The number of carbonyl (C=O) groups is 2. The fourth-order valence-corrected chi connectivity index (χ4v) is 3.68. The zero-order chi connectivity index (χ0) is 20.1. The molecule has 28 heavy (non-hydrogen) atoms. The molecule has 0 atom stereocenters. The Morgan fingerprint density at radius 2 is 2.25 bits per heavy atom. The molecule has 0 bridgehead atoms. The van der Waals surface area contributed by atoms with Gasteiger partial charge in [-0.25, -0.2) is 14.8 Å². The van der Waals surface area contributed by atoms with Gasteiger partial charge in [0.1, 0.15) is 5.69 Å². The van der Waals surface area contributed by atoms with E-state index in [4.69, 9.17) is 15.6 Å². The van der Waals surface area contributed by atoms with Gasteiger partial charge in [-0.3, -0.25) is 10.1 Å². The van der Waals surface area contributed by atoms with E-state index >= 15 is 0 Å². The number of thiazole rings is 1. The van der Waals surface area contributed by atoms with Gasteiger partial charge in [-0.1, -0.05) is 11.8 Å². The summed E-state index contributed by atoms with van der Waals surface area (Å²) in [4.78, 5) is 36.0. The van der Waals surface area contributed by atoms with Gasteiger partial charge < -0.3 is 20.6 Å². The number of hydrogen-bond donors (Lipinski definition) is 4. The summed E-state index contributed by atoms with van der Waals surface area (Å²) in [6.45, 7) is 1.80. The maximum Gasteiger partial charge on any atom is 0.356 e. The van der Waals surface area contributed by atoms with Gasteiger partial charge in [-0.2, -0.15) is 0 Å². The van der Waals surface area contributed by atoms with Crippen molar-refractivity contribution < 1.29 is 19.4 Å². The van der Waals surface area contributed by atoms with E-state index in [0.29, 0.717) is 26.6 Å². The van der Waals surface area contributed by atoms with Gasteiger partial charge in [0, 0.05) is 16.0 Å². The summed E-state index contributed by atoms with van der Waals surface area (Å²) in [5.74, 6) is -0.893. The summed E-state index contributed by atoms with van der Waals surface area (Å²) in [6.07, 6.45) is 1.40. The number of imidazole rings is 1. The highest BCUT2D eigenvalue weighted by atomic mass is 32.2. The third-order valence-electron chi connectivity index (χ3n) is 3.47. The molecule has 5 N–H and O–H groups in total. The molecule has 2 heterocycles. The van der Waals surface area contributed by atoms with E-state index in [1.54, 1.807) is 30.5 Å². The molecule has 0 unspecified atom stereocenters. The smallest absolute Gasteiger partial charge is 0.356 e.